The summed E-state index contributed by atoms with van der Waals surface area (Å²) in [5.74, 6) is 0.834. The van der Waals surface area contributed by atoms with Gasteiger partial charge in [0.2, 0.25) is 0 Å². The Balaban J connectivity index is 1.33. The van der Waals surface area contributed by atoms with Crippen LogP contribution in [-0.4, -0.2) is 44.2 Å². The first kappa shape index (κ1) is 18.1. The van der Waals surface area contributed by atoms with Crippen LogP contribution in [-0.2, 0) is 0 Å². The highest BCUT2D eigenvalue weighted by molar-refractivity contribution is 6.32. The van der Waals surface area contributed by atoms with Gasteiger partial charge in [0.1, 0.15) is 5.75 Å². The number of nitrogens with zero attached hydrogens (tertiary/aromatic N) is 2. The van der Waals surface area contributed by atoms with Crippen LogP contribution in [0.1, 0.15) is 18.4 Å². The Bertz CT molecular complexity index is 634. The fraction of sp³-hybridized carbons (Fsp3) is 0.429. The number of anilines is 1. The van der Waals surface area contributed by atoms with E-state index in [1.165, 1.54) is 5.69 Å². The van der Waals surface area contributed by atoms with Crippen molar-refractivity contribution in [3.8, 4) is 5.75 Å². The molecule has 4 heteroatoms. The highest BCUT2D eigenvalue weighted by Gasteiger charge is 2.16. The minimum atomic E-state index is 0.706. The molecule has 0 atom stereocenters. The van der Waals surface area contributed by atoms with Crippen LogP contribution in [0.15, 0.2) is 48.5 Å². The number of unbranched alkanes of at least 4 members (excludes halogenated alkanes) is 1. The van der Waals surface area contributed by atoms with E-state index in [0.717, 1.165) is 63.5 Å². The molecule has 1 aliphatic heterocycles. The molecule has 0 N–H and O–H groups in total. The summed E-state index contributed by atoms with van der Waals surface area (Å²) in [5, 5.41) is 0.706. The lowest BCUT2D eigenvalue weighted by Gasteiger charge is -2.36. The monoisotopic (exact) mass is 358 g/mol. The Morgan fingerprint density at radius 3 is 2.40 bits per heavy atom. The van der Waals surface area contributed by atoms with Crippen molar-refractivity contribution in [2.45, 2.75) is 19.8 Å². The van der Waals surface area contributed by atoms with Gasteiger partial charge in [-0.2, -0.15) is 0 Å². The van der Waals surface area contributed by atoms with E-state index < -0.39 is 0 Å². The molecule has 2 aromatic rings. The zero-order valence-electron chi connectivity index (χ0n) is 15.0. The van der Waals surface area contributed by atoms with Gasteiger partial charge in [-0.15, -0.1) is 0 Å². The molecule has 1 heterocycles. The normalized spacial score (nSPS) is 15.4. The lowest BCUT2D eigenvalue weighted by Crippen LogP contribution is -2.46. The van der Waals surface area contributed by atoms with Crippen LogP contribution in [0, 0.1) is 6.92 Å². The topological polar surface area (TPSA) is 15.7 Å². The first-order chi connectivity index (χ1) is 12.2. The fourth-order valence-corrected chi connectivity index (χ4v) is 3.56. The Morgan fingerprint density at radius 1 is 0.920 bits per heavy atom. The first-order valence-electron chi connectivity index (χ1n) is 9.14. The standard InChI is InChI=1S/C21H27ClN2O/c1-18-8-7-11-20(22)21(18)25-17-6-5-12-23-13-15-24(16-14-23)19-9-3-2-4-10-19/h2-4,7-11H,5-6,12-17H2,1H3. The van der Waals surface area contributed by atoms with Crippen molar-refractivity contribution in [2.24, 2.45) is 0 Å². The van der Waals surface area contributed by atoms with Crippen molar-refractivity contribution in [3.05, 3.63) is 59.1 Å². The summed E-state index contributed by atoms with van der Waals surface area (Å²) in [7, 11) is 0. The van der Waals surface area contributed by atoms with Crippen molar-refractivity contribution >= 4 is 17.3 Å². The minimum Gasteiger partial charge on any atom is -0.492 e. The SMILES string of the molecule is Cc1cccc(Cl)c1OCCCCN1CCN(c2ccccc2)CC1. The summed E-state index contributed by atoms with van der Waals surface area (Å²) in [4.78, 5) is 5.03. The minimum absolute atomic E-state index is 0.706. The van der Waals surface area contributed by atoms with Gasteiger partial charge in [-0.1, -0.05) is 41.9 Å². The quantitative estimate of drug-likeness (QED) is 0.671. The molecule has 1 saturated heterocycles. The van der Waals surface area contributed by atoms with E-state index in [2.05, 4.69) is 40.1 Å². The molecular formula is C21H27ClN2O. The lowest BCUT2D eigenvalue weighted by molar-refractivity contribution is 0.238. The summed E-state index contributed by atoms with van der Waals surface area (Å²) < 4.78 is 5.87. The first-order valence-corrected chi connectivity index (χ1v) is 9.52. The Kier molecular flexibility index (Phi) is 6.60. The maximum atomic E-state index is 6.19. The number of hydrogen-bond donors (Lipinski definition) is 0. The van der Waals surface area contributed by atoms with Crippen LogP contribution in [0.2, 0.25) is 5.02 Å². The Morgan fingerprint density at radius 2 is 1.68 bits per heavy atom. The average Bonchev–Trinajstić information content (AvgIpc) is 2.65. The molecule has 3 rings (SSSR count). The number of piperazine rings is 1. The molecule has 0 unspecified atom stereocenters. The van der Waals surface area contributed by atoms with Gasteiger partial charge in [-0.25, -0.2) is 0 Å². The molecule has 0 spiro atoms. The molecule has 134 valence electrons. The van der Waals surface area contributed by atoms with Gasteiger partial charge in [-0.05, 0) is 50.1 Å². The van der Waals surface area contributed by atoms with E-state index in [9.17, 15) is 0 Å². The van der Waals surface area contributed by atoms with Crippen LogP contribution in [0.5, 0.6) is 5.75 Å². The summed E-state index contributed by atoms with van der Waals surface area (Å²) in [6.07, 6.45) is 2.22. The number of aryl methyl sites for hydroxylation is 1. The molecule has 0 radical (unpaired) electrons. The second-order valence-corrected chi connectivity index (χ2v) is 7.01. The highest BCUT2D eigenvalue weighted by atomic mass is 35.5. The molecular weight excluding hydrogens is 332 g/mol. The summed E-state index contributed by atoms with van der Waals surface area (Å²) in [6, 6.07) is 16.6. The van der Waals surface area contributed by atoms with Gasteiger partial charge in [-0.3, -0.25) is 4.90 Å². The van der Waals surface area contributed by atoms with E-state index in [1.54, 1.807) is 0 Å². The van der Waals surface area contributed by atoms with Gasteiger partial charge < -0.3 is 9.64 Å². The molecule has 3 nitrogen and oxygen atoms in total. The van der Waals surface area contributed by atoms with Crippen LogP contribution >= 0.6 is 11.6 Å². The van der Waals surface area contributed by atoms with Crippen LogP contribution in [0.25, 0.3) is 0 Å². The predicted octanol–water partition coefficient (Wildman–Crippen LogP) is 4.63. The molecule has 1 aliphatic rings. The number of halogens is 1. The van der Waals surface area contributed by atoms with Gasteiger partial charge >= 0.3 is 0 Å². The molecule has 0 amide bonds. The average molecular weight is 359 g/mol. The van der Waals surface area contributed by atoms with E-state index in [4.69, 9.17) is 16.3 Å². The highest BCUT2D eigenvalue weighted by Crippen LogP contribution is 2.28. The smallest absolute Gasteiger partial charge is 0.140 e. The van der Waals surface area contributed by atoms with E-state index in [1.807, 2.05) is 25.1 Å². The molecule has 0 aliphatic carbocycles. The zero-order chi connectivity index (χ0) is 17.5. The van der Waals surface area contributed by atoms with Crippen molar-refractivity contribution in [2.75, 3.05) is 44.2 Å². The number of hydrogen-bond acceptors (Lipinski definition) is 3. The van der Waals surface area contributed by atoms with Crippen LogP contribution in [0.4, 0.5) is 5.69 Å². The summed E-state index contributed by atoms with van der Waals surface area (Å²) >= 11 is 6.19. The molecule has 0 saturated carbocycles. The van der Waals surface area contributed by atoms with Crippen molar-refractivity contribution in [1.29, 1.82) is 0 Å². The van der Waals surface area contributed by atoms with Gasteiger partial charge in [0.25, 0.3) is 0 Å². The third-order valence-corrected chi connectivity index (χ3v) is 5.07. The van der Waals surface area contributed by atoms with E-state index in [0.29, 0.717) is 5.02 Å². The van der Waals surface area contributed by atoms with Crippen molar-refractivity contribution < 1.29 is 4.74 Å². The number of benzene rings is 2. The predicted molar refractivity (Wildman–Crippen MR) is 106 cm³/mol. The third kappa shape index (κ3) is 5.13. The molecule has 25 heavy (non-hydrogen) atoms. The lowest BCUT2D eigenvalue weighted by atomic mass is 10.2. The molecule has 2 aromatic carbocycles. The summed E-state index contributed by atoms with van der Waals surface area (Å²) in [6.45, 7) is 8.41. The van der Waals surface area contributed by atoms with Crippen LogP contribution < -0.4 is 9.64 Å². The van der Waals surface area contributed by atoms with E-state index >= 15 is 0 Å². The van der Waals surface area contributed by atoms with Gasteiger partial charge in [0.05, 0.1) is 11.6 Å². The molecule has 0 bridgehead atoms. The molecule has 0 aromatic heterocycles. The second kappa shape index (κ2) is 9.12. The maximum Gasteiger partial charge on any atom is 0.140 e. The van der Waals surface area contributed by atoms with Crippen molar-refractivity contribution in [1.82, 2.24) is 4.90 Å². The van der Waals surface area contributed by atoms with Gasteiger partial charge in [0.15, 0.2) is 0 Å². The third-order valence-electron chi connectivity index (χ3n) is 4.77. The zero-order valence-corrected chi connectivity index (χ0v) is 15.7. The fourth-order valence-electron chi connectivity index (χ4n) is 3.28. The molecule has 1 fully saturated rings. The maximum absolute atomic E-state index is 6.19. The summed E-state index contributed by atoms with van der Waals surface area (Å²) in [5.41, 5.74) is 2.44. The Labute approximate surface area is 156 Å². The van der Waals surface area contributed by atoms with Crippen LogP contribution in [0.3, 0.4) is 0 Å². The van der Waals surface area contributed by atoms with E-state index in [-0.39, 0.29) is 0 Å². The number of para-hydroxylation sites is 2. The van der Waals surface area contributed by atoms with Gasteiger partial charge in [0, 0.05) is 31.9 Å². The van der Waals surface area contributed by atoms with Crippen molar-refractivity contribution in [3.63, 3.8) is 0 Å². The second-order valence-electron chi connectivity index (χ2n) is 6.61. The number of ether oxygens (including phenoxy) is 1. The number of rotatable bonds is 7. The Hall–Kier alpha value is -1.71. The largest absolute Gasteiger partial charge is 0.492 e.